The van der Waals surface area contributed by atoms with Gasteiger partial charge in [0.1, 0.15) is 11.2 Å². The molecular weight excluding hydrogens is 721 g/mol. The highest BCUT2D eigenvalue weighted by molar-refractivity contribution is 6.22. The van der Waals surface area contributed by atoms with Crippen LogP contribution in [-0.2, 0) is 0 Å². The van der Waals surface area contributed by atoms with E-state index in [2.05, 4.69) is 176 Å². The molecule has 0 atom stereocenters. The van der Waals surface area contributed by atoms with Crippen molar-refractivity contribution in [3.8, 4) is 78.8 Å². The first kappa shape index (κ1) is 34.2. The van der Waals surface area contributed by atoms with Gasteiger partial charge in [0.05, 0.1) is 22.0 Å². The summed E-state index contributed by atoms with van der Waals surface area (Å²) in [4.78, 5) is 20.7. The molecule has 0 aliphatic rings. The molecule has 3 aromatic heterocycles. The molecule has 0 aliphatic heterocycles. The highest BCUT2D eigenvalue weighted by Crippen LogP contribution is 2.43. The molecule has 0 saturated heterocycles. The van der Waals surface area contributed by atoms with E-state index < -0.39 is 0 Å². The lowest BCUT2D eigenvalue weighted by Gasteiger charge is -2.12. The highest BCUT2D eigenvalue weighted by Gasteiger charge is 2.21. The molecule has 5 nitrogen and oxygen atoms in total. The first-order chi connectivity index (χ1) is 29.2. The van der Waals surface area contributed by atoms with Gasteiger partial charge in [-0.15, -0.1) is 0 Å². The van der Waals surface area contributed by atoms with Crippen LogP contribution in [0.3, 0.4) is 0 Å². The molecule has 11 aromatic rings. The Balaban J connectivity index is 1.06. The summed E-state index contributed by atoms with van der Waals surface area (Å²) < 4.78 is 6.73. The second-order valence-electron chi connectivity index (χ2n) is 14.6. The zero-order valence-electron chi connectivity index (χ0n) is 31.8. The summed E-state index contributed by atoms with van der Waals surface area (Å²) in [6, 6.07) is 70.9. The number of nitrogens with zero attached hydrogens (tertiary/aromatic N) is 4. The molecule has 5 heteroatoms. The molecule has 0 bridgehead atoms. The molecule has 0 aliphatic carbocycles. The second-order valence-corrected chi connectivity index (χ2v) is 14.6. The number of hydrogen-bond donors (Lipinski definition) is 0. The molecule has 0 amide bonds. The number of pyridine rings is 1. The Morgan fingerprint density at radius 1 is 0.305 bits per heavy atom. The maximum atomic E-state index is 6.73. The first-order valence-corrected chi connectivity index (χ1v) is 19.7. The summed E-state index contributed by atoms with van der Waals surface area (Å²) in [6.45, 7) is 0. The molecule has 0 spiro atoms. The van der Waals surface area contributed by atoms with Gasteiger partial charge in [0.2, 0.25) is 0 Å². The minimum Gasteiger partial charge on any atom is -0.455 e. The normalized spacial score (nSPS) is 11.4. The van der Waals surface area contributed by atoms with Crippen molar-refractivity contribution in [3.63, 3.8) is 0 Å². The number of furan rings is 1. The van der Waals surface area contributed by atoms with Crippen molar-refractivity contribution < 1.29 is 4.42 Å². The van der Waals surface area contributed by atoms with E-state index in [4.69, 9.17) is 24.4 Å². The number of fused-ring (bicyclic) bond motifs is 5. The lowest BCUT2D eigenvalue weighted by atomic mass is 9.95. The summed E-state index contributed by atoms with van der Waals surface area (Å²) in [7, 11) is 0. The van der Waals surface area contributed by atoms with Crippen LogP contribution in [0.2, 0.25) is 0 Å². The van der Waals surface area contributed by atoms with Gasteiger partial charge in [0, 0.05) is 27.6 Å². The van der Waals surface area contributed by atoms with Crippen LogP contribution >= 0.6 is 0 Å². The summed E-state index contributed by atoms with van der Waals surface area (Å²) >= 11 is 0. The molecule has 59 heavy (non-hydrogen) atoms. The highest BCUT2D eigenvalue weighted by atomic mass is 16.3. The van der Waals surface area contributed by atoms with Gasteiger partial charge in [-0.25, -0.2) is 19.9 Å². The summed E-state index contributed by atoms with van der Waals surface area (Å²) in [5.74, 6) is 1.80. The van der Waals surface area contributed by atoms with Crippen LogP contribution in [0.25, 0.3) is 112 Å². The van der Waals surface area contributed by atoms with Crippen molar-refractivity contribution in [3.05, 3.63) is 206 Å². The van der Waals surface area contributed by atoms with Crippen molar-refractivity contribution >= 4 is 32.8 Å². The number of rotatable bonds is 7. The van der Waals surface area contributed by atoms with E-state index in [1.54, 1.807) is 0 Å². The third-order valence-corrected chi connectivity index (χ3v) is 10.9. The Hall–Kier alpha value is -8.02. The van der Waals surface area contributed by atoms with Gasteiger partial charge in [-0.3, -0.25) is 0 Å². The fraction of sp³-hybridized carbons (Fsp3) is 0. The van der Waals surface area contributed by atoms with E-state index >= 15 is 0 Å². The van der Waals surface area contributed by atoms with Crippen LogP contribution in [0, 0.1) is 0 Å². The number of benzene rings is 8. The molecule has 0 saturated carbocycles. The van der Waals surface area contributed by atoms with E-state index in [1.165, 1.54) is 0 Å². The van der Waals surface area contributed by atoms with Crippen LogP contribution < -0.4 is 0 Å². The van der Waals surface area contributed by atoms with E-state index in [9.17, 15) is 0 Å². The summed E-state index contributed by atoms with van der Waals surface area (Å²) in [5.41, 5.74) is 13.8. The lowest BCUT2D eigenvalue weighted by molar-refractivity contribution is 0.672. The van der Waals surface area contributed by atoms with Crippen LogP contribution in [0.1, 0.15) is 0 Å². The van der Waals surface area contributed by atoms with Crippen LogP contribution in [0.4, 0.5) is 0 Å². The predicted molar refractivity (Wildman–Crippen MR) is 240 cm³/mol. The van der Waals surface area contributed by atoms with Crippen LogP contribution in [0.5, 0.6) is 0 Å². The summed E-state index contributed by atoms with van der Waals surface area (Å²) in [6.07, 6.45) is 0. The quantitative estimate of drug-likeness (QED) is 0.162. The molecule has 0 N–H and O–H groups in total. The van der Waals surface area contributed by atoms with Crippen molar-refractivity contribution in [2.24, 2.45) is 0 Å². The minimum atomic E-state index is 0.588. The van der Waals surface area contributed by atoms with Gasteiger partial charge < -0.3 is 4.42 Å². The fourth-order valence-corrected chi connectivity index (χ4v) is 8.02. The van der Waals surface area contributed by atoms with Crippen molar-refractivity contribution in [1.82, 2.24) is 19.9 Å². The van der Waals surface area contributed by atoms with Crippen molar-refractivity contribution in [2.45, 2.75) is 0 Å². The van der Waals surface area contributed by atoms with E-state index in [-0.39, 0.29) is 0 Å². The SMILES string of the molecule is c1ccc(-c2ccc(-c3nc(-c4ccc(-c5ccccc5)cc4)nc(-c4cccc(-c5cccc6nc(-c7ccccc7)c7c8ccccc8oc7c56)c4)n3)cc2)cc1. The van der Waals surface area contributed by atoms with E-state index in [0.29, 0.717) is 17.5 Å². The predicted octanol–water partition coefficient (Wildman–Crippen LogP) is 14.0. The molecule has 11 rings (SSSR count). The van der Waals surface area contributed by atoms with Gasteiger partial charge in [0.25, 0.3) is 0 Å². The number of hydrogen-bond acceptors (Lipinski definition) is 5. The average Bonchev–Trinajstić information content (AvgIpc) is 3.72. The van der Waals surface area contributed by atoms with Gasteiger partial charge >= 0.3 is 0 Å². The molecule has 8 aromatic carbocycles. The third kappa shape index (κ3) is 6.32. The number of aromatic nitrogens is 4. The zero-order valence-corrected chi connectivity index (χ0v) is 31.8. The van der Waals surface area contributed by atoms with E-state index in [1.807, 2.05) is 30.3 Å². The maximum Gasteiger partial charge on any atom is 0.164 e. The standard InChI is InChI=1S/C54H34N4O/c1-4-14-35(15-5-1)37-26-30-40(31-27-37)52-56-53(41-32-28-38(29-33-41)36-16-6-2-7-17-36)58-54(57-52)43-21-12-20-42(34-43)44-23-13-24-46-48(44)51-49(45-22-10-11-25-47(45)59-51)50(55-46)39-18-8-3-9-19-39/h1-34H. The monoisotopic (exact) mass is 754 g/mol. The Kier molecular flexibility index (Phi) is 8.41. The van der Waals surface area contributed by atoms with Gasteiger partial charge in [-0.2, -0.15) is 0 Å². The topological polar surface area (TPSA) is 64.7 Å². The van der Waals surface area contributed by atoms with Crippen LogP contribution in [0.15, 0.2) is 211 Å². The average molecular weight is 755 g/mol. The van der Waals surface area contributed by atoms with Gasteiger partial charge in [-0.1, -0.05) is 188 Å². The molecule has 276 valence electrons. The second kappa shape index (κ2) is 14.5. The van der Waals surface area contributed by atoms with Crippen molar-refractivity contribution in [2.75, 3.05) is 0 Å². The fourth-order valence-electron chi connectivity index (χ4n) is 8.02. The molecule has 0 fully saturated rings. The smallest absolute Gasteiger partial charge is 0.164 e. The van der Waals surface area contributed by atoms with Crippen molar-refractivity contribution in [1.29, 1.82) is 0 Å². The van der Waals surface area contributed by atoms with Gasteiger partial charge in [0.15, 0.2) is 17.5 Å². The third-order valence-electron chi connectivity index (χ3n) is 10.9. The largest absolute Gasteiger partial charge is 0.455 e. The lowest BCUT2D eigenvalue weighted by Crippen LogP contribution is -2.00. The van der Waals surface area contributed by atoms with Gasteiger partial charge in [-0.05, 0) is 51.6 Å². The number of para-hydroxylation sites is 1. The minimum absolute atomic E-state index is 0.588. The Labute approximate surface area is 341 Å². The first-order valence-electron chi connectivity index (χ1n) is 19.7. The van der Waals surface area contributed by atoms with E-state index in [0.717, 1.165) is 94.2 Å². The Morgan fingerprint density at radius 2 is 0.763 bits per heavy atom. The molecule has 0 radical (unpaired) electrons. The molecule has 0 unspecified atom stereocenters. The maximum absolute atomic E-state index is 6.73. The summed E-state index contributed by atoms with van der Waals surface area (Å²) in [5, 5.41) is 3.01. The van der Waals surface area contributed by atoms with Crippen LogP contribution in [-0.4, -0.2) is 19.9 Å². The molecular formula is C54H34N4O. The Bertz CT molecular complexity index is 3190. The Morgan fingerprint density at radius 3 is 1.37 bits per heavy atom. The molecule has 3 heterocycles. The zero-order chi connectivity index (χ0) is 39.1.